The van der Waals surface area contributed by atoms with Crippen LogP contribution in [0.5, 0.6) is 0 Å². The molecule has 0 fully saturated rings. The highest BCUT2D eigenvalue weighted by molar-refractivity contribution is 5.58. The number of hydrogen-bond donors (Lipinski definition) is 1. The lowest BCUT2D eigenvalue weighted by atomic mass is 10.1. The van der Waals surface area contributed by atoms with E-state index in [1.165, 1.54) is 10.7 Å². The zero-order valence-corrected chi connectivity index (χ0v) is 10.7. The predicted molar refractivity (Wildman–Crippen MR) is 71.5 cm³/mol. The van der Waals surface area contributed by atoms with Gasteiger partial charge in [0.25, 0.3) is 5.95 Å². The Balaban J connectivity index is 2.17. The highest BCUT2D eigenvalue weighted by Gasteiger charge is 2.12. The molecular formula is C13H11FN6. The maximum Gasteiger partial charge on any atom is 0.255 e. The van der Waals surface area contributed by atoms with Crippen molar-refractivity contribution in [3.63, 3.8) is 0 Å². The molecule has 2 aromatic heterocycles. The minimum Gasteiger partial charge on any atom is -0.368 e. The van der Waals surface area contributed by atoms with E-state index in [-0.39, 0.29) is 23.3 Å². The van der Waals surface area contributed by atoms with Crippen LogP contribution in [0.25, 0.3) is 17.3 Å². The molecule has 20 heavy (non-hydrogen) atoms. The topological polar surface area (TPSA) is 82.5 Å². The van der Waals surface area contributed by atoms with Gasteiger partial charge in [-0.1, -0.05) is 11.6 Å². The molecule has 0 unspecified atom stereocenters. The maximum absolute atomic E-state index is 13.9. The summed E-state index contributed by atoms with van der Waals surface area (Å²) in [5.41, 5.74) is 6.85. The predicted octanol–water partition coefficient (Wildman–Crippen LogP) is 1.75. The number of aryl methyl sites for hydroxylation is 1. The second-order valence-electron chi connectivity index (χ2n) is 4.25. The van der Waals surface area contributed by atoms with E-state index in [0.29, 0.717) is 0 Å². The van der Waals surface area contributed by atoms with Gasteiger partial charge in [0.1, 0.15) is 5.82 Å². The summed E-state index contributed by atoms with van der Waals surface area (Å²) in [7, 11) is 0. The molecule has 0 aliphatic rings. The van der Waals surface area contributed by atoms with Gasteiger partial charge in [-0.3, -0.25) is 0 Å². The van der Waals surface area contributed by atoms with Crippen LogP contribution < -0.4 is 5.73 Å². The second kappa shape index (κ2) is 4.69. The van der Waals surface area contributed by atoms with Crippen LogP contribution in [-0.2, 0) is 0 Å². The van der Waals surface area contributed by atoms with Crippen molar-refractivity contribution in [2.75, 3.05) is 5.73 Å². The van der Waals surface area contributed by atoms with E-state index in [4.69, 9.17) is 5.73 Å². The molecule has 6 nitrogen and oxygen atoms in total. The van der Waals surface area contributed by atoms with E-state index in [1.807, 2.05) is 6.92 Å². The minimum atomic E-state index is -0.410. The maximum atomic E-state index is 13.9. The normalized spacial score (nSPS) is 10.7. The van der Waals surface area contributed by atoms with Crippen LogP contribution >= 0.6 is 0 Å². The summed E-state index contributed by atoms with van der Waals surface area (Å²) >= 11 is 0. The van der Waals surface area contributed by atoms with Crippen molar-refractivity contribution >= 4 is 5.95 Å². The molecule has 0 aliphatic carbocycles. The molecule has 0 amide bonds. The zero-order chi connectivity index (χ0) is 14.1. The van der Waals surface area contributed by atoms with Crippen LogP contribution in [0.15, 0.2) is 36.7 Å². The largest absolute Gasteiger partial charge is 0.368 e. The quantitative estimate of drug-likeness (QED) is 0.767. The molecule has 0 saturated carbocycles. The first kappa shape index (κ1) is 12.2. The summed E-state index contributed by atoms with van der Waals surface area (Å²) in [5.74, 6) is 0.0385. The number of nitrogen functional groups attached to an aromatic ring is 1. The lowest BCUT2D eigenvalue weighted by Crippen LogP contribution is -2.08. The molecule has 2 N–H and O–H groups in total. The number of anilines is 1. The van der Waals surface area contributed by atoms with Crippen LogP contribution in [0.3, 0.4) is 0 Å². The van der Waals surface area contributed by atoms with Gasteiger partial charge in [0, 0.05) is 12.4 Å². The van der Waals surface area contributed by atoms with E-state index < -0.39 is 5.82 Å². The first-order valence-corrected chi connectivity index (χ1v) is 5.91. The summed E-state index contributed by atoms with van der Waals surface area (Å²) in [5, 5.41) is 4.02. The first-order chi connectivity index (χ1) is 9.63. The van der Waals surface area contributed by atoms with Crippen LogP contribution in [0.4, 0.5) is 10.3 Å². The lowest BCUT2D eigenvalue weighted by molar-refractivity contribution is 0.629. The van der Waals surface area contributed by atoms with Crippen molar-refractivity contribution in [3.8, 4) is 17.3 Å². The van der Waals surface area contributed by atoms with Crippen LogP contribution in [-0.4, -0.2) is 24.7 Å². The fourth-order valence-corrected chi connectivity index (χ4v) is 1.80. The van der Waals surface area contributed by atoms with Crippen molar-refractivity contribution in [2.45, 2.75) is 6.92 Å². The van der Waals surface area contributed by atoms with Crippen molar-refractivity contribution in [3.05, 3.63) is 48.0 Å². The van der Waals surface area contributed by atoms with Gasteiger partial charge in [-0.2, -0.15) is 20.1 Å². The summed E-state index contributed by atoms with van der Waals surface area (Å²) in [6.45, 7) is 1.86. The van der Waals surface area contributed by atoms with Crippen LogP contribution in [0.2, 0.25) is 0 Å². The molecule has 2 heterocycles. The number of nitrogens with two attached hydrogens (primary N) is 1. The van der Waals surface area contributed by atoms with E-state index in [2.05, 4.69) is 20.1 Å². The zero-order valence-electron chi connectivity index (χ0n) is 10.7. The van der Waals surface area contributed by atoms with Crippen molar-refractivity contribution in [2.24, 2.45) is 0 Å². The average molecular weight is 270 g/mol. The molecule has 0 aliphatic heterocycles. The Morgan fingerprint density at radius 3 is 2.80 bits per heavy atom. The molecule has 100 valence electrons. The van der Waals surface area contributed by atoms with Gasteiger partial charge in [0.15, 0.2) is 5.82 Å². The lowest BCUT2D eigenvalue weighted by Gasteiger charge is -2.06. The highest BCUT2D eigenvalue weighted by Crippen LogP contribution is 2.21. The molecule has 3 rings (SSSR count). The molecule has 0 atom stereocenters. The van der Waals surface area contributed by atoms with Crippen LogP contribution in [0.1, 0.15) is 5.56 Å². The van der Waals surface area contributed by atoms with E-state index in [1.54, 1.807) is 30.6 Å². The highest BCUT2D eigenvalue weighted by atomic mass is 19.1. The second-order valence-corrected chi connectivity index (χ2v) is 4.25. The van der Waals surface area contributed by atoms with Crippen LogP contribution in [0, 0.1) is 12.7 Å². The number of nitrogens with zero attached hydrogens (tertiary/aromatic N) is 5. The molecule has 0 bridgehead atoms. The monoisotopic (exact) mass is 270 g/mol. The third kappa shape index (κ3) is 2.20. The number of aromatic nitrogens is 5. The average Bonchev–Trinajstić information content (AvgIpc) is 2.95. The van der Waals surface area contributed by atoms with E-state index >= 15 is 0 Å². The molecule has 7 heteroatoms. The SMILES string of the molecule is Cc1ccc(F)c(-c2nc(N)nc(-n3cccn3)n2)c1. The third-order valence-corrected chi connectivity index (χ3v) is 2.71. The molecule has 0 saturated heterocycles. The summed E-state index contributed by atoms with van der Waals surface area (Å²) in [4.78, 5) is 12.2. The smallest absolute Gasteiger partial charge is 0.255 e. The van der Waals surface area contributed by atoms with Gasteiger partial charge in [0.05, 0.1) is 5.56 Å². The Bertz CT molecular complexity index is 754. The van der Waals surface area contributed by atoms with Gasteiger partial charge in [-0.05, 0) is 25.1 Å². The van der Waals surface area contributed by atoms with Crippen molar-refractivity contribution < 1.29 is 4.39 Å². The fourth-order valence-electron chi connectivity index (χ4n) is 1.80. The van der Waals surface area contributed by atoms with E-state index in [9.17, 15) is 4.39 Å². The van der Waals surface area contributed by atoms with Gasteiger partial charge >= 0.3 is 0 Å². The Morgan fingerprint density at radius 2 is 2.05 bits per heavy atom. The number of halogens is 1. The van der Waals surface area contributed by atoms with Crippen molar-refractivity contribution in [1.82, 2.24) is 24.7 Å². The van der Waals surface area contributed by atoms with Gasteiger partial charge in [-0.15, -0.1) is 0 Å². The number of benzene rings is 1. The molecule has 0 spiro atoms. The molecular weight excluding hydrogens is 259 g/mol. The summed E-state index contributed by atoms with van der Waals surface area (Å²) in [6, 6.07) is 6.44. The third-order valence-electron chi connectivity index (χ3n) is 2.71. The number of rotatable bonds is 2. The Hall–Kier alpha value is -2.83. The molecule has 1 aromatic carbocycles. The summed E-state index contributed by atoms with van der Waals surface area (Å²) < 4.78 is 15.3. The minimum absolute atomic E-state index is 0.0152. The summed E-state index contributed by atoms with van der Waals surface area (Å²) in [6.07, 6.45) is 3.26. The Morgan fingerprint density at radius 1 is 1.20 bits per heavy atom. The Labute approximate surface area is 114 Å². The molecule has 0 radical (unpaired) electrons. The van der Waals surface area contributed by atoms with Crippen molar-refractivity contribution in [1.29, 1.82) is 0 Å². The molecule has 3 aromatic rings. The fraction of sp³-hybridized carbons (Fsp3) is 0.0769. The first-order valence-electron chi connectivity index (χ1n) is 5.91. The Kier molecular flexibility index (Phi) is 2.86. The van der Waals surface area contributed by atoms with E-state index in [0.717, 1.165) is 5.56 Å². The van der Waals surface area contributed by atoms with Gasteiger partial charge in [0.2, 0.25) is 5.95 Å². The standard InChI is InChI=1S/C13H11FN6/c1-8-3-4-10(14)9(7-8)11-17-12(15)19-13(18-11)20-6-2-5-16-20/h2-7H,1H3,(H2,15,17,18,19). The van der Waals surface area contributed by atoms with Gasteiger partial charge in [-0.25, -0.2) is 9.07 Å². The van der Waals surface area contributed by atoms with Gasteiger partial charge < -0.3 is 5.73 Å². The number of hydrogen-bond acceptors (Lipinski definition) is 5.